The van der Waals surface area contributed by atoms with Crippen LogP contribution in [0.5, 0.6) is 0 Å². The van der Waals surface area contributed by atoms with Gasteiger partial charge in [0, 0.05) is 25.7 Å². The second-order valence-corrected chi connectivity index (χ2v) is 9.20. The van der Waals surface area contributed by atoms with Crippen molar-refractivity contribution in [2.45, 2.75) is 66.3 Å². The van der Waals surface area contributed by atoms with Gasteiger partial charge in [0.25, 0.3) is 0 Å². The summed E-state index contributed by atoms with van der Waals surface area (Å²) in [7, 11) is 2.16. The predicted molar refractivity (Wildman–Crippen MR) is 92.5 cm³/mol. The lowest BCUT2D eigenvalue weighted by molar-refractivity contribution is 0.0640. The summed E-state index contributed by atoms with van der Waals surface area (Å²) in [5, 5.41) is 3.61. The molecule has 0 aromatic rings. The molecule has 1 saturated carbocycles. The maximum absolute atomic E-state index is 3.61. The van der Waals surface area contributed by atoms with Gasteiger partial charge in [-0.05, 0) is 61.8 Å². The fraction of sp³-hybridized carbons (Fsp3) is 1.00. The van der Waals surface area contributed by atoms with Gasteiger partial charge in [0.2, 0.25) is 0 Å². The van der Waals surface area contributed by atoms with Crippen molar-refractivity contribution >= 4 is 0 Å². The summed E-state index contributed by atoms with van der Waals surface area (Å²) in [5.74, 6) is 3.49. The molecule has 21 heavy (non-hydrogen) atoms. The van der Waals surface area contributed by atoms with E-state index in [4.69, 9.17) is 0 Å². The molecule has 0 amide bonds. The van der Waals surface area contributed by atoms with E-state index in [1.165, 1.54) is 45.3 Å². The second kappa shape index (κ2) is 7.00. The fourth-order valence-corrected chi connectivity index (χ4v) is 4.91. The molecule has 0 spiro atoms. The Labute approximate surface area is 133 Å². The topological polar surface area (TPSA) is 15.3 Å². The molecule has 2 heteroatoms. The van der Waals surface area contributed by atoms with Crippen LogP contribution in [0.4, 0.5) is 0 Å². The van der Waals surface area contributed by atoms with Crippen LogP contribution >= 0.6 is 0 Å². The summed E-state index contributed by atoms with van der Waals surface area (Å²) < 4.78 is 0. The molecule has 0 radical (unpaired) electrons. The number of likely N-dealkylation sites (tertiary alicyclic amines) is 1. The summed E-state index contributed by atoms with van der Waals surface area (Å²) in [6.45, 7) is 16.1. The zero-order valence-corrected chi connectivity index (χ0v) is 15.3. The van der Waals surface area contributed by atoms with Crippen LogP contribution in [0.25, 0.3) is 0 Å². The standard InChI is InChI=1S/C19H38N2/c1-14-9-15(2)12-21(11-14)13-16-10-17(19(3,4)5)7-8-18(16)20-6/h14-18,20H,7-13H2,1-6H3. The maximum Gasteiger partial charge on any atom is 0.0105 e. The van der Waals surface area contributed by atoms with Crippen molar-refractivity contribution in [1.29, 1.82) is 0 Å². The molecule has 1 N–H and O–H groups in total. The molecule has 5 atom stereocenters. The van der Waals surface area contributed by atoms with Crippen LogP contribution in [0.1, 0.15) is 60.3 Å². The Kier molecular flexibility index (Phi) is 5.76. The van der Waals surface area contributed by atoms with Crippen LogP contribution in [0.2, 0.25) is 0 Å². The van der Waals surface area contributed by atoms with Crippen LogP contribution in [-0.2, 0) is 0 Å². The van der Waals surface area contributed by atoms with Gasteiger partial charge in [-0.25, -0.2) is 0 Å². The summed E-state index contributed by atoms with van der Waals surface area (Å²) in [6.07, 6.45) is 5.59. The van der Waals surface area contributed by atoms with E-state index in [0.717, 1.165) is 29.7 Å². The van der Waals surface area contributed by atoms with Crippen molar-refractivity contribution in [2.75, 3.05) is 26.7 Å². The van der Waals surface area contributed by atoms with E-state index in [1.807, 2.05) is 0 Å². The van der Waals surface area contributed by atoms with Gasteiger partial charge in [-0.1, -0.05) is 34.6 Å². The molecule has 1 aliphatic heterocycles. The molecule has 5 unspecified atom stereocenters. The third-order valence-corrected chi connectivity index (χ3v) is 6.02. The van der Waals surface area contributed by atoms with Crippen molar-refractivity contribution in [3.05, 3.63) is 0 Å². The fourth-order valence-electron chi connectivity index (χ4n) is 4.91. The van der Waals surface area contributed by atoms with Gasteiger partial charge in [-0.3, -0.25) is 0 Å². The van der Waals surface area contributed by atoms with Crippen molar-refractivity contribution in [3.8, 4) is 0 Å². The Bertz CT molecular complexity index is 310. The first-order valence-corrected chi connectivity index (χ1v) is 9.19. The molecular formula is C19H38N2. The first-order chi connectivity index (χ1) is 9.79. The summed E-state index contributed by atoms with van der Waals surface area (Å²) in [4.78, 5) is 2.76. The van der Waals surface area contributed by atoms with Gasteiger partial charge in [0.15, 0.2) is 0 Å². The van der Waals surface area contributed by atoms with Crippen molar-refractivity contribution in [1.82, 2.24) is 10.2 Å². The Hall–Kier alpha value is -0.0800. The van der Waals surface area contributed by atoms with Crippen molar-refractivity contribution in [3.63, 3.8) is 0 Å². The minimum Gasteiger partial charge on any atom is -0.317 e. The highest BCUT2D eigenvalue weighted by Gasteiger charge is 2.36. The van der Waals surface area contributed by atoms with E-state index in [0.29, 0.717) is 5.41 Å². The van der Waals surface area contributed by atoms with E-state index in [1.54, 1.807) is 0 Å². The molecule has 124 valence electrons. The number of nitrogens with zero attached hydrogens (tertiary/aromatic N) is 1. The minimum atomic E-state index is 0.472. The van der Waals surface area contributed by atoms with Gasteiger partial charge in [0.05, 0.1) is 0 Å². The minimum absolute atomic E-state index is 0.472. The Morgan fingerprint density at radius 1 is 1.00 bits per heavy atom. The van der Waals surface area contributed by atoms with E-state index in [-0.39, 0.29) is 0 Å². The van der Waals surface area contributed by atoms with Crippen LogP contribution in [0, 0.1) is 29.1 Å². The molecule has 0 bridgehead atoms. The lowest BCUT2D eigenvalue weighted by Crippen LogP contribution is -2.49. The number of rotatable bonds is 3. The highest BCUT2D eigenvalue weighted by atomic mass is 15.1. The first-order valence-electron chi connectivity index (χ1n) is 9.19. The van der Waals surface area contributed by atoms with Crippen LogP contribution in [0.15, 0.2) is 0 Å². The molecule has 1 aliphatic carbocycles. The van der Waals surface area contributed by atoms with E-state index in [2.05, 4.69) is 51.9 Å². The predicted octanol–water partition coefficient (Wildman–Crippen LogP) is 4.01. The third kappa shape index (κ3) is 4.69. The molecule has 0 aromatic heterocycles. The summed E-state index contributed by atoms with van der Waals surface area (Å²) in [5.41, 5.74) is 0.472. The molecule has 1 saturated heterocycles. The Morgan fingerprint density at radius 2 is 1.62 bits per heavy atom. The number of hydrogen-bond donors (Lipinski definition) is 1. The molecule has 0 aromatic carbocycles. The lowest BCUT2D eigenvalue weighted by Gasteiger charge is -2.45. The Balaban J connectivity index is 1.97. The van der Waals surface area contributed by atoms with Crippen LogP contribution in [-0.4, -0.2) is 37.6 Å². The van der Waals surface area contributed by atoms with Crippen molar-refractivity contribution in [2.24, 2.45) is 29.1 Å². The highest BCUT2D eigenvalue weighted by Crippen LogP contribution is 2.40. The molecule has 2 fully saturated rings. The second-order valence-electron chi connectivity index (χ2n) is 9.20. The van der Waals surface area contributed by atoms with Gasteiger partial charge >= 0.3 is 0 Å². The largest absolute Gasteiger partial charge is 0.317 e. The summed E-state index contributed by atoms with van der Waals surface area (Å²) in [6, 6.07) is 0.733. The average molecular weight is 295 g/mol. The SMILES string of the molecule is CNC1CCC(C(C)(C)C)CC1CN1CC(C)CC(C)C1. The molecule has 1 heterocycles. The number of piperidine rings is 1. The van der Waals surface area contributed by atoms with Gasteiger partial charge in [-0.2, -0.15) is 0 Å². The van der Waals surface area contributed by atoms with Gasteiger partial charge in [-0.15, -0.1) is 0 Å². The molecule has 2 nitrogen and oxygen atoms in total. The normalized spacial score (nSPS) is 39.4. The number of hydrogen-bond acceptors (Lipinski definition) is 2. The Morgan fingerprint density at radius 3 is 2.14 bits per heavy atom. The van der Waals surface area contributed by atoms with Crippen LogP contribution in [0.3, 0.4) is 0 Å². The average Bonchev–Trinajstić information content (AvgIpc) is 2.36. The molecule has 2 aliphatic rings. The van der Waals surface area contributed by atoms with Gasteiger partial charge in [0.1, 0.15) is 0 Å². The first kappa shape index (κ1) is 17.3. The van der Waals surface area contributed by atoms with Gasteiger partial charge < -0.3 is 10.2 Å². The monoisotopic (exact) mass is 294 g/mol. The smallest absolute Gasteiger partial charge is 0.0105 e. The van der Waals surface area contributed by atoms with E-state index in [9.17, 15) is 0 Å². The maximum atomic E-state index is 3.61. The zero-order valence-electron chi connectivity index (χ0n) is 15.3. The molecule has 2 rings (SSSR count). The highest BCUT2D eigenvalue weighted by molar-refractivity contribution is 4.90. The van der Waals surface area contributed by atoms with Crippen LogP contribution < -0.4 is 5.32 Å². The number of nitrogens with one attached hydrogen (secondary N) is 1. The zero-order chi connectivity index (χ0) is 15.6. The van der Waals surface area contributed by atoms with E-state index < -0.39 is 0 Å². The van der Waals surface area contributed by atoms with Crippen molar-refractivity contribution < 1.29 is 0 Å². The lowest BCUT2D eigenvalue weighted by atomic mass is 9.67. The van der Waals surface area contributed by atoms with E-state index >= 15 is 0 Å². The molecular weight excluding hydrogens is 256 g/mol. The summed E-state index contributed by atoms with van der Waals surface area (Å²) >= 11 is 0. The quantitative estimate of drug-likeness (QED) is 0.846. The third-order valence-electron chi connectivity index (χ3n) is 6.02.